The number of piperidine rings is 1. The number of aliphatic hydroxyl groups is 1. The van der Waals surface area contributed by atoms with Gasteiger partial charge in [0.25, 0.3) is 0 Å². The summed E-state index contributed by atoms with van der Waals surface area (Å²) in [5.74, 6) is 1.92. The molecule has 0 amide bonds. The molecule has 0 spiro atoms. The Morgan fingerprint density at radius 2 is 1.91 bits per heavy atom. The Labute approximate surface area is 199 Å². The van der Waals surface area contributed by atoms with E-state index in [0.717, 1.165) is 54.2 Å². The molecular weight excluding hydrogens is 431 g/mol. The van der Waals surface area contributed by atoms with Crippen LogP contribution >= 0.6 is 0 Å². The second kappa shape index (κ2) is 9.57. The average Bonchev–Trinajstić information content (AvgIpc) is 3.02. The standard InChI is InChI=1S/C28H29FN2O3/c1-33-25-7-2-8-26-24(25)19-20(23-6-3-15-30-27(23)34-26)5-4-16-31-17-13-28(32,14-18-31)21-9-11-22(29)12-10-21/h2-3,5-12,15,32H,4,13-14,16-19H2,1H3. The van der Waals surface area contributed by atoms with Gasteiger partial charge in [-0.05, 0) is 66.8 Å². The third-order valence-electron chi connectivity index (χ3n) is 6.90. The summed E-state index contributed by atoms with van der Waals surface area (Å²) in [7, 11) is 1.68. The molecule has 3 heterocycles. The Kier molecular flexibility index (Phi) is 6.35. The normalized spacial score (nSPS) is 18.5. The number of halogens is 1. The third-order valence-corrected chi connectivity index (χ3v) is 6.90. The minimum absolute atomic E-state index is 0.279. The number of nitrogens with zero attached hydrogens (tertiary/aromatic N) is 2. The topological polar surface area (TPSA) is 54.8 Å². The first-order chi connectivity index (χ1) is 16.6. The van der Waals surface area contributed by atoms with E-state index < -0.39 is 5.60 Å². The molecule has 0 atom stereocenters. The van der Waals surface area contributed by atoms with Gasteiger partial charge in [-0.3, -0.25) is 0 Å². The summed E-state index contributed by atoms with van der Waals surface area (Å²) in [6.45, 7) is 2.50. The Morgan fingerprint density at radius 3 is 2.68 bits per heavy atom. The van der Waals surface area contributed by atoms with Crippen molar-refractivity contribution in [1.29, 1.82) is 0 Å². The first-order valence-corrected chi connectivity index (χ1v) is 11.7. The number of fused-ring (bicyclic) bond motifs is 2. The van der Waals surface area contributed by atoms with Gasteiger partial charge in [0.15, 0.2) is 0 Å². The highest BCUT2D eigenvalue weighted by Crippen LogP contribution is 2.41. The van der Waals surface area contributed by atoms with Crippen LogP contribution in [0.1, 0.15) is 36.0 Å². The van der Waals surface area contributed by atoms with Crippen LogP contribution in [0.5, 0.6) is 17.4 Å². The summed E-state index contributed by atoms with van der Waals surface area (Å²) in [6, 6.07) is 16.1. The van der Waals surface area contributed by atoms with Gasteiger partial charge in [-0.25, -0.2) is 9.37 Å². The van der Waals surface area contributed by atoms with E-state index in [4.69, 9.17) is 9.47 Å². The number of allylic oxidation sites excluding steroid dienone is 1. The molecule has 176 valence electrons. The van der Waals surface area contributed by atoms with Crippen molar-refractivity contribution >= 4 is 5.57 Å². The van der Waals surface area contributed by atoms with Gasteiger partial charge in [-0.1, -0.05) is 24.3 Å². The van der Waals surface area contributed by atoms with Gasteiger partial charge in [0.05, 0.1) is 12.7 Å². The maximum Gasteiger partial charge on any atom is 0.226 e. The summed E-state index contributed by atoms with van der Waals surface area (Å²) in [6.07, 6.45) is 6.88. The van der Waals surface area contributed by atoms with Gasteiger partial charge in [0.2, 0.25) is 5.88 Å². The Morgan fingerprint density at radius 1 is 1.12 bits per heavy atom. The lowest BCUT2D eigenvalue weighted by molar-refractivity contribution is -0.0254. The number of pyridine rings is 1. The number of likely N-dealkylation sites (tertiary alicyclic amines) is 1. The van der Waals surface area contributed by atoms with Crippen LogP contribution in [-0.4, -0.2) is 41.7 Å². The van der Waals surface area contributed by atoms with Crippen molar-refractivity contribution in [3.05, 3.63) is 89.4 Å². The van der Waals surface area contributed by atoms with E-state index in [1.54, 1.807) is 25.4 Å². The summed E-state index contributed by atoms with van der Waals surface area (Å²) in [4.78, 5) is 6.84. The van der Waals surface area contributed by atoms with Crippen LogP contribution in [-0.2, 0) is 12.0 Å². The molecule has 1 N–H and O–H groups in total. The van der Waals surface area contributed by atoms with Gasteiger partial charge in [0.1, 0.15) is 17.3 Å². The van der Waals surface area contributed by atoms with Crippen LogP contribution in [0.4, 0.5) is 4.39 Å². The molecule has 1 fully saturated rings. The van der Waals surface area contributed by atoms with Gasteiger partial charge < -0.3 is 19.5 Å². The molecule has 2 aliphatic heterocycles. The third kappa shape index (κ3) is 4.56. The summed E-state index contributed by atoms with van der Waals surface area (Å²) < 4.78 is 25.0. The SMILES string of the molecule is COc1cccc2c1CC(=CCCN1CCC(O)(c3ccc(F)cc3)CC1)c1cccnc1O2. The van der Waals surface area contributed by atoms with Crippen LogP contribution in [0.15, 0.2) is 66.9 Å². The van der Waals surface area contributed by atoms with Crippen LogP contribution in [0.25, 0.3) is 5.57 Å². The van der Waals surface area contributed by atoms with Crippen LogP contribution in [0.3, 0.4) is 0 Å². The van der Waals surface area contributed by atoms with Crippen molar-refractivity contribution in [1.82, 2.24) is 9.88 Å². The van der Waals surface area contributed by atoms with E-state index in [0.29, 0.717) is 25.1 Å². The lowest BCUT2D eigenvalue weighted by Gasteiger charge is -2.38. The fraction of sp³-hybridized carbons (Fsp3) is 0.321. The zero-order valence-corrected chi connectivity index (χ0v) is 19.3. The number of ether oxygens (including phenoxy) is 2. The van der Waals surface area contributed by atoms with Crippen molar-refractivity contribution < 1.29 is 19.0 Å². The molecule has 0 saturated carbocycles. The quantitative estimate of drug-likeness (QED) is 0.557. The fourth-order valence-corrected chi connectivity index (χ4v) is 4.91. The lowest BCUT2D eigenvalue weighted by Crippen LogP contribution is -2.42. The first-order valence-electron chi connectivity index (χ1n) is 11.7. The maximum atomic E-state index is 13.3. The number of aromatic nitrogens is 1. The van der Waals surface area contributed by atoms with Crippen LogP contribution < -0.4 is 9.47 Å². The molecule has 6 heteroatoms. The molecule has 5 nitrogen and oxygen atoms in total. The molecule has 5 rings (SSSR count). The second-order valence-corrected chi connectivity index (χ2v) is 8.97. The Hall–Kier alpha value is -3.22. The lowest BCUT2D eigenvalue weighted by atomic mass is 9.84. The summed E-state index contributed by atoms with van der Waals surface area (Å²) in [5.41, 5.74) is 3.12. The largest absolute Gasteiger partial charge is 0.496 e. The van der Waals surface area contributed by atoms with Gasteiger partial charge >= 0.3 is 0 Å². The molecule has 0 aliphatic carbocycles. The predicted octanol–water partition coefficient (Wildman–Crippen LogP) is 5.33. The fourth-order valence-electron chi connectivity index (χ4n) is 4.91. The first kappa shape index (κ1) is 22.6. The van der Waals surface area contributed by atoms with Crippen molar-refractivity contribution in [2.24, 2.45) is 0 Å². The molecule has 1 aromatic heterocycles. The Bertz CT molecular complexity index is 1180. The van der Waals surface area contributed by atoms with E-state index >= 15 is 0 Å². The number of hydrogen-bond acceptors (Lipinski definition) is 5. The van der Waals surface area contributed by atoms with E-state index in [9.17, 15) is 9.50 Å². The minimum atomic E-state index is -0.883. The summed E-state index contributed by atoms with van der Waals surface area (Å²) >= 11 is 0. The molecule has 34 heavy (non-hydrogen) atoms. The number of methoxy groups -OCH3 is 1. The van der Waals surface area contributed by atoms with E-state index in [1.807, 2.05) is 24.3 Å². The molecule has 0 bridgehead atoms. The van der Waals surface area contributed by atoms with Crippen molar-refractivity contribution in [2.75, 3.05) is 26.7 Å². The second-order valence-electron chi connectivity index (χ2n) is 8.97. The molecule has 2 aliphatic rings. The van der Waals surface area contributed by atoms with Crippen molar-refractivity contribution in [3.63, 3.8) is 0 Å². The molecule has 3 aromatic rings. The molecule has 1 saturated heterocycles. The Balaban J connectivity index is 1.28. The van der Waals surface area contributed by atoms with Gasteiger partial charge in [-0.2, -0.15) is 0 Å². The van der Waals surface area contributed by atoms with Crippen LogP contribution in [0.2, 0.25) is 0 Å². The van der Waals surface area contributed by atoms with E-state index in [2.05, 4.69) is 22.0 Å². The van der Waals surface area contributed by atoms with Crippen molar-refractivity contribution in [2.45, 2.75) is 31.3 Å². The van der Waals surface area contributed by atoms with Crippen molar-refractivity contribution in [3.8, 4) is 17.4 Å². The smallest absolute Gasteiger partial charge is 0.226 e. The highest BCUT2D eigenvalue weighted by atomic mass is 19.1. The number of rotatable bonds is 5. The van der Waals surface area contributed by atoms with Gasteiger partial charge in [-0.15, -0.1) is 0 Å². The van der Waals surface area contributed by atoms with E-state index in [1.165, 1.54) is 17.7 Å². The highest BCUT2D eigenvalue weighted by Gasteiger charge is 2.33. The molecular formula is C28H29FN2O3. The number of hydrogen-bond donors (Lipinski definition) is 1. The molecule has 0 radical (unpaired) electrons. The minimum Gasteiger partial charge on any atom is -0.496 e. The average molecular weight is 461 g/mol. The zero-order valence-electron chi connectivity index (χ0n) is 19.3. The maximum absolute atomic E-state index is 13.3. The van der Waals surface area contributed by atoms with E-state index in [-0.39, 0.29) is 5.82 Å². The number of benzene rings is 2. The highest BCUT2D eigenvalue weighted by molar-refractivity contribution is 5.74. The zero-order chi connectivity index (χ0) is 23.5. The monoisotopic (exact) mass is 460 g/mol. The summed E-state index contributed by atoms with van der Waals surface area (Å²) in [5, 5.41) is 11.1. The molecule has 0 unspecified atom stereocenters. The van der Waals surface area contributed by atoms with Crippen LogP contribution in [0, 0.1) is 5.82 Å². The van der Waals surface area contributed by atoms with Gasteiger partial charge in [0, 0.05) is 43.4 Å². The predicted molar refractivity (Wildman–Crippen MR) is 130 cm³/mol. The molecule has 2 aromatic carbocycles.